The molecule has 1 aromatic rings. The van der Waals surface area contributed by atoms with Crippen molar-refractivity contribution in [1.82, 2.24) is 0 Å². The van der Waals surface area contributed by atoms with Crippen LogP contribution >= 0.6 is 23.2 Å². The number of hydrogen-bond donors (Lipinski definition) is 1. The van der Waals surface area contributed by atoms with Gasteiger partial charge in [-0.15, -0.1) is 0 Å². The molecule has 0 aliphatic heterocycles. The summed E-state index contributed by atoms with van der Waals surface area (Å²) in [4.78, 5) is 23.6. The Morgan fingerprint density at radius 3 is 2.60 bits per heavy atom. The quantitative estimate of drug-likeness (QED) is 0.862. The van der Waals surface area contributed by atoms with Gasteiger partial charge in [0.1, 0.15) is 0 Å². The van der Waals surface area contributed by atoms with Gasteiger partial charge in [0, 0.05) is 5.02 Å². The summed E-state index contributed by atoms with van der Waals surface area (Å²) in [6.45, 7) is 1.54. The molecule has 6 heteroatoms. The molecule has 1 fully saturated rings. The second-order valence-electron chi connectivity index (χ2n) is 4.82. The minimum Gasteiger partial charge on any atom is -0.452 e. The Hall–Kier alpha value is -1.26. The van der Waals surface area contributed by atoms with E-state index in [1.807, 2.05) is 0 Å². The van der Waals surface area contributed by atoms with Crippen molar-refractivity contribution in [3.05, 3.63) is 28.2 Å². The molecule has 0 heterocycles. The van der Waals surface area contributed by atoms with Crippen molar-refractivity contribution in [3.8, 4) is 0 Å². The zero-order chi connectivity index (χ0) is 14.7. The molecule has 1 N–H and O–H groups in total. The molecule has 1 aliphatic rings. The van der Waals surface area contributed by atoms with E-state index in [0.29, 0.717) is 15.7 Å². The molecule has 0 aromatic heterocycles. The van der Waals surface area contributed by atoms with Gasteiger partial charge in [-0.3, -0.25) is 9.59 Å². The standard InChI is InChI=1S/C14H15Cl2NO3/c1-8(20-14(19)9-3-2-4-9)13(18)17-12-6-5-10(15)7-11(12)16/h5-9H,2-4H2,1H3,(H,17,18)/t8-/m0/s1. The molecule has 0 saturated heterocycles. The lowest BCUT2D eigenvalue weighted by Gasteiger charge is -2.24. The molecule has 1 amide bonds. The van der Waals surface area contributed by atoms with E-state index >= 15 is 0 Å². The Bertz CT molecular complexity index is 529. The number of ether oxygens (including phenoxy) is 1. The first-order valence-corrected chi connectivity index (χ1v) is 7.19. The molecule has 2 rings (SSSR count). The number of carbonyl (C=O) groups excluding carboxylic acids is 2. The maximum absolute atomic E-state index is 11.9. The topological polar surface area (TPSA) is 55.4 Å². The lowest BCUT2D eigenvalue weighted by Crippen LogP contribution is -2.34. The van der Waals surface area contributed by atoms with Gasteiger partial charge in [0.15, 0.2) is 6.10 Å². The van der Waals surface area contributed by atoms with Crippen LogP contribution in [-0.4, -0.2) is 18.0 Å². The summed E-state index contributed by atoms with van der Waals surface area (Å²) in [6.07, 6.45) is 1.88. The van der Waals surface area contributed by atoms with Crippen LogP contribution in [0.3, 0.4) is 0 Å². The van der Waals surface area contributed by atoms with Crippen LogP contribution in [0.15, 0.2) is 18.2 Å². The van der Waals surface area contributed by atoms with E-state index in [0.717, 1.165) is 19.3 Å². The molecular formula is C14H15Cl2NO3. The Morgan fingerprint density at radius 2 is 2.05 bits per heavy atom. The third-order valence-corrected chi connectivity index (χ3v) is 3.84. The molecule has 4 nitrogen and oxygen atoms in total. The van der Waals surface area contributed by atoms with E-state index in [1.165, 1.54) is 13.0 Å². The highest BCUT2D eigenvalue weighted by atomic mass is 35.5. The maximum Gasteiger partial charge on any atom is 0.309 e. The zero-order valence-corrected chi connectivity index (χ0v) is 12.5. The van der Waals surface area contributed by atoms with Crippen molar-refractivity contribution in [2.24, 2.45) is 5.92 Å². The minimum absolute atomic E-state index is 0.0515. The van der Waals surface area contributed by atoms with Crippen LogP contribution in [0.4, 0.5) is 5.69 Å². The highest BCUT2D eigenvalue weighted by Crippen LogP contribution is 2.28. The average Bonchev–Trinajstić information content (AvgIpc) is 2.30. The van der Waals surface area contributed by atoms with Crippen molar-refractivity contribution >= 4 is 40.8 Å². The van der Waals surface area contributed by atoms with Crippen molar-refractivity contribution in [1.29, 1.82) is 0 Å². The molecule has 108 valence electrons. The average molecular weight is 316 g/mol. The highest BCUT2D eigenvalue weighted by Gasteiger charge is 2.29. The highest BCUT2D eigenvalue weighted by molar-refractivity contribution is 6.36. The normalized spacial score (nSPS) is 16.1. The monoisotopic (exact) mass is 315 g/mol. The van der Waals surface area contributed by atoms with Crippen LogP contribution in [-0.2, 0) is 14.3 Å². The van der Waals surface area contributed by atoms with Crippen molar-refractivity contribution in [2.75, 3.05) is 5.32 Å². The zero-order valence-electron chi connectivity index (χ0n) is 11.0. The predicted molar refractivity (Wildman–Crippen MR) is 78.0 cm³/mol. The van der Waals surface area contributed by atoms with Gasteiger partial charge < -0.3 is 10.1 Å². The first kappa shape index (κ1) is 15.1. The van der Waals surface area contributed by atoms with Gasteiger partial charge in [-0.1, -0.05) is 29.6 Å². The second-order valence-corrected chi connectivity index (χ2v) is 5.66. The van der Waals surface area contributed by atoms with Crippen LogP contribution in [0.25, 0.3) is 0 Å². The molecule has 0 bridgehead atoms. The largest absolute Gasteiger partial charge is 0.452 e. The molecule has 0 spiro atoms. The third kappa shape index (κ3) is 3.64. The van der Waals surface area contributed by atoms with E-state index < -0.39 is 12.0 Å². The Morgan fingerprint density at radius 1 is 1.35 bits per heavy atom. The summed E-state index contributed by atoms with van der Waals surface area (Å²) in [5.41, 5.74) is 0.438. The summed E-state index contributed by atoms with van der Waals surface area (Å²) in [5, 5.41) is 3.43. The van der Waals surface area contributed by atoms with Crippen molar-refractivity contribution in [3.63, 3.8) is 0 Å². The Balaban J connectivity index is 1.91. The lowest BCUT2D eigenvalue weighted by molar-refractivity contribution is -0.159. The summed E-state index contributed by atoms with van der Waals surface area (Å²) >= 11 is 11.7. The fourth-order valence-corrected chi connectivity index (χ4v) is 2.25. The Labute approximate surface area is 127 Å². The van der Waals surface area contributed by atoms with Gasteiger partial charge >= 0.3 is 5.97 Å². The molecule has 1 aromatic carbocycles. The van der Waals surface area contributed by atoms with Gasteiger partial charge in [0.05, 0.1) is 16.6 Å². The van der Waals surface area contributed by atoms with Gasteiger partial charge in [0.25, 0.3) is 5.91 Å². The third-order valence-electron chi connectivity index (χ3n) is 3.29. The summed E-state index contributed by atoms with van der Waals surface area (Å²) in [6, 6.07) is 4.75. The van der Waals surface area contributed by atoms with Gasteiger partial charge in [-0.25, -0.2) is 0 Å². The fourth-order valence-electron chi connectivity index (χ4n) is 1.79. The number of rotatable bonds is 4. The van der Waals surface area contributed by atoms with E-state index in [-0.39, 0.29) is 11.9 Å². The number of carbonyl (C=O) groups is 2. The fraction of sp³-hybridized carbons (Fsp3) is 0.429. The second kappa shape index (κ2) is 6.46. The number of hydrogen-bond acceptors (Lipinski definition) is 3. The van der Waals surface area contributed by atoms with Crippen LogP contribution in [0.5, 0.6) is 0 Å². The van der Waals surface area contributed by atoms with Crippen LogP contribution in [0.1, 0.15) is 26.2 Å². The summed E-state index contributed by atoms with van der Waals surface area (Å²) in [5.74, 6) is -0.771. The Kier molecular flexibility index (Phi) is 4.89. The van der Waals surface area contributed by atoms with E-state index in [1.54, 1.807) is 12.1 Å². The molecule has 20 heavy (non-hydrogen) atoms. The summed E-state index contributed by atoms with van der Waals surface area (Å²) in [7, 11) is 0. The lowest BCUT2D eigenvalue weighted by atomic mass is 9.86. The predicted octanol–water partition coefficient (Wildman–Crippen LogP) is 3.66. The number of anilines is 1. The first-order chi connectivity index (χ1) is 9.47. The van der Waals surface area contributed by atoms with E-state index in [4.69, 9.17) is 27.9 Å². The van der Waals surface area contributed by atoms with Crippen LogP contribution < -0.4 is 5.32 Å². The van der Waals surface area contributed by atoms with Gasteiger partial charge in [0.2, 0.25) is 0 Å². The van der Waals surface area contributed by atoms with E-state index in [9.17, 15) is 9.59 Å². The number of benzene rings is 1. The van der Waals surface area contributed by atoms with Crippen molar-refractivity contribution in [2.45, 2.75) is 32.3 Å². The van der Waals surface area contributed by atoms with Crippen LogP contribution in [0, 0.1) is 5.92 Å². The number of nitrogens with one attached hydrogen (secondary N) is 1. The smallest absolute Gasteiger partial charge is 0.309 e. The van der Waals surface area contributed by atoms with E-state index in [2.05, 4.69) is 5.32 Å². The minimum atomic E-state index is -0.852. The molecule has 0 unspecified atom stereocenters. The summed E-state index contributed by atoms with van der Waals surface area (Å²) < 4.78 is 5.13. The van der Waals surface area contributed by atoms with Crippen molar-refractivity contribution < 1.29 is 14.3 Å². The van der Waals surface area contributed by atoms with Gasteiger partial charge in [-0.05, 0) is 38.0 Å². The molecule has 1 saturated carbocycles. The molecular weight excluding hydrogens is 301 g/mol. The van der Waals surface area contributed by atoms with Gasteiger partial charge in [-0.2, -0.15) is 0 Å². The maximum atomic E-state index is 11.9. The number of esters is 1. The SMILES string of the molecule is C[C@H](OC(=O)C1CCC1)C(=O)Nc1ccc(Cl)cc1Cl. The number of amides is 1. The number of halogens is 2. The molecule has 1 aliphatic carbocycles. The van der Waals surface area contributed by atoms with Crippen LogP contribution in [0.2, 0.25) is 10.0 Å². The first-order valence-electron chi connectivity index (χ1n) is 6.44. The molecule has 1 atom stereocenters. The molecule has 0 radical (unpaired) electrons.